The highest BCUT2D eigenvalue weighted by Gasteiger charge is 2.15. The zero-order chi connectivity index (χ0) is 15.6. The average Bonchev–Trinajstić information content (AvgIpc) is 2.28. The van der Waals surface area contributed by atoms with Crippen molar-refractivity contribution in [3.63, 3.8) is 0 Å². The van der Waals surface area contributed by atoms with E-state index in [-0.39, 0.29) is 30.1 Å². The lowest BCUT2D eigenvalue weighted by molar-refractivity contribution is 0.0527. The Balaban J connectivity index is 0. The largest absolute Gasteiger partial charge is 0.444 e. The molecule has 0 radical (unpaired) electrons. The molecule has 126 valence electrons. The van der Waals surface area contributed by atoms with Crippen LogP contribution in [-0.2, 0) is 4.74 Å². The number of aliphatic imine (C=N–C) groups is 1. The number of guanidine groups is 1. The number of nitrogens with two attached hydrogens (primary N) is 1. The number of ether oxygens (including phenoxy) is 1. The van der Waals surface area contributed by atoms with Crippen LogP contribution in [0.4, 0.5) is 4.79 Å². The summed E-state index contributed by atoms with van der Waals surface area (Å²) in [5, 5.41) is 5.77. The van der Waals surface area contributed by atoms with E-state index in [1.54, 1.807) is 0 Å². The highest BCUT2D eigenvalue weighted by Crippen LogP contribution is 2.06. The van der Waals surface area contributed by atoms with Crippen molar-refractivity contribution < 1.29 is 9.53 Å². The molecule has 0 heterocycles. The predicted octanol–water partition coefficient (Wildman–Crippen LogP) is 2.47. The predicted molar refractivity (Wildman–Crippen MR) is 98.2 cm³/mol. The topological polar surface area (TPSA) is 88.7 Å². The van der Waals surface area contributed by atoms with Gasteiger partial charge in [-0.2, -0.15) is 0 Å². The van der Waals surface area contributed by atoms with Gasteiger partial charge in [0.05, 0.1) is 0 Å². The third-order valence-electron chi connectivity index (χ3n) is 2.20. The summed E-state index contributed by atoms with van der Waals surface area (Å²) >= 11 is 0. The van der Waals surface area contributed by atoms with Gasteiger partial charge in [-0.25, -0.2) is 4.79 Å². The summed E-state index contributed by atoms with van der Waals surface area (Å²) in [4.78, 5) is 15.6. The summed E-state index contributed by atoms with van der Waals surface area (Å²) in [7, 11) is 0. The summed E-state index contributed by atoms with van der Waals surface area (Å²) in [6.07, 6.45) is 1.40. The number of alkyl carbamates (subject to hydrolysis) is 1. The molecule has 0 aromatic rings. The Bertz CT molecular complexity index is 315. The highest BCUT2D eigenvalue weighted by atomic mass is 127. The fourth-order valence-electron chi connectivity index (χ4n) is 1.31. The quantitative estimate of drug-likeness (QED) is 0.259. The van der Waals surface area contributed by atoms with E-state index in [0.717, 1.165) is 25.9 Å². The number of unbranched alkanes of at least 4 members (excludes halogenated alkanes) is 1. The van der Waals surface area contributed by atoms with E-state index in [1.165, 1.54) is 0 Å². The number of hydrogen-bond acceptors (Lipinski definition) is 3. The van der Waals surface area contributed by atoms with E-state index in [9.17, 15) is 4.79 Å². The molecule has 0 bridgehead atoms. The van der Waals surface area contributed by atoms with E-state index in [0.29, 0.717) is 18.4 Å². The van der Waals surface area contributed by atoms with Gasteiger partial charge in [-0.15, -0.1) is 24.0 Å². The van der Waals surface area contributed by atoms with Crippen LogP contribution < -0.4 is 16.4 Å². The minimum atomic E-state index is -0.451. The van der Waals surface area contributed by atoms with E-state index in [2.05, 4.69) is 29.5 Å². The lowest BCUT2D eigenvalue weighted by Gasteiger charge is -2.19. The Morgan fingerprint density at radius 3 is 2.19 bits per heavy atom. The van der Waals surface area contributed by atoms with Crippen LogP contribution in [0, 0.1) is 5.92 Å². The molecule has 0 saturated heterocycles. The molecule has 7 heteroatoms. The van der Waals surface area contributed by atoms with Gasteiger partial charge in [-0.05, 0) is 39.5 Å². The molecular formula is C14H31IN4O2. The smallest absolute Gasteiger partial charge is 0.407 e. The second kappa shape index (κ2) is 11.9. The molecule has 0 aromatic heterocycles. The first-order valence-electron chi connectivity index (χ1n) is 7.21. The minimum Gasteiger partial charge on any atom is -0.444 e. The lowest BCUT2D eigenvalue weighted by atomic mass is 10.2. The summed E-state index contributed by atoms with van der Waals surface area (Å²) in [5.74, 6) is 0.993. The van der Waals surface area contributed by atoms with E-state index >= 15 is 0 Å². The first-order valence-corrected chi connectivity index (χ1v) is 7.21. The van der Waals surface area contributed by atoms with Crippen molar-refractivity contribution in [2.75, 3.05) is 19.6 Å². The molecule has 0 aromatic carbocycles. The molecule has 4 N–H and O–H groups in total. The first kappa shape index (κ1) is 22.5. The number of carbonyl (C=O) groups excluding carboxylic acids is 1. The van der Waals surface area contributed by atoms with Gasteiger partial charge in [0.15, 0.2) is 5.96 Å². The fraction of sp³-hybridized carbons (Fsp3) is 0.857. The highest BCUT2D eigenvalue weighted by molar-refractivity contribution is 14.0. The Morgan fingerprint density at radius 2 is 1.71 bits per heavy atom. The van der Waals surface area contributed by atoms with E-state index in [4.69, 9.17) is 10.5 Å². The van der Waals surface area contributed by atoms with Crippen LogP contribution in [0.3, 0.4) is 0 Å². The molecule has 21 heavy (non-hydrogen) atoms. The maximum Gasteiger partial charge on any atom is 0.407 e. The van der Waals surface area contributed by atoms with Crippen LogP contribution in [0.2, 0.25) is 0 Å². The third kappa shape index (κ3) is 17.2. The van der Waals surface area contributed by atoms with Crippen molar-refractivity contribution in [2.45, 2.75) is 53.1 Å². The van der Waals surface area contributed by atoms with Gasteiger partial charge in [-0.3, -0.25) is 4.99 Å². The standard InChI is InChI=1S/C14H30N4O2.HI/c1-11(2)10-18-12(15)16-8-6-7-9-17-13(19)20-14(3,4)5;/h11H,6-10H2,1-5H3,(H,17,19)(H3,15,16,18);1H. The van der Waals surface area contributed by atoms with Crippen molar-refractivity contribution in [1.29, 1.82) is 0 Å². The van der Waals surface area contributed by atoms with Crippen LogP contribution >= 0.6 is 24.0 Å². The maximum atomic E-state index is 11.4. The third-order valence-corrected chi connectivity index (χ3v) is 2.20. The molecule has 0 atom stereocenters. The Morgan fingerprint density at radius 1 is 1.19 bits per heavy atom. The van der Waals surface area contributed by atoms with Gasteiger partial charge < -0.3 is 21.1 Å². The molecule has 1 amide bonds. The number of nitrogens with one attached hydrogen (secondary N) is 2. The lowest BCUT2D eigenvalue weighted by Crippen LogP contribution is -2.34. The SMILES string of the molecule is CC(C)CN=C(N)NCCCCNC(=O)OC(C)(C)C.I. The van der Waals surface area contributed by atoms with Gasteiger partial charge in [0.1, 0.15) is 5.60 Å². The number of nitrogens with zero attached hydrogens (tertiary/aromatic N) is 1. The average molecular weight is 414 g/mol. The van der Waals surface area contributed by atoms with Crippen LogP contribution in [0.1, 0.15) is 47.5 Å². The molecule has 0 aliphatic carbocycles. The molecule has 6 nitrogen and oxygen atoms in total. The van der Waals surface area contributed by atoms with Crippen molar-refractivity contribution in [3.8, 4) is 0 Å². The monoisotopic (exact) mass is 414 g/mol. The number of amides is 1. The Kier molecular flexibility index (Phi) is 12.8. The van der Waals surface area contributed by atoms with Crippen LogP contribution in [0.25, 0.3) is 0 Å². The Labute approximate surface area is 145 Å². The van der Waals surface area contributed by atoms with Crippen LogP contribution in [0.5, 0.6) is 0 Å². The summed E-state index contributed by atoms with van der Waals surface area (Å²) < 4.78 is 5.13. The first-order chi connectivity index (χ1) is 9.20. The van der Waals surface area contributed by atoms with Gasteiger partial charge in [-0.1, -0.05) is 13.8 Å². The zero-order valence-corrected chi connectivity index (χ0v) is 16.2. The number of rotatable bonds is 7. The van der Waals surface area contributed by atoms with Crippen molar-refractivity contribution >= 4 is 36.0 Å². The molecule has 0 unspecified atom stereocenters. The van der Waals surface area contributed by atoms with Crippen molar-refractivity contribution in [3.05, 3.63) is 0 Å². The second-order valence-corrected chi connectivity index (χ2v) is 6.18. The van der Waals surface area contributed by atoms with Crippen molar-refractivity contribution in [1.82, 2.24) is 10.6 Å². The van der Waals surface area contributed by atoms with E-state index in [1.807, 2.05) is 20.8 Å². The van der Waals surface area contributed by atoms with Crippen LogP contribution in [0.15, 0.2) is 4.99 Å². The molecule has 0 rings (SSSR count). The molecule has 0 saturated carbocycles. The molecular weight excluding hydrogens is 383 g/mol. The normalized spacial score (nSPS) is 11.8. The van der Waals surface area contributed by atoms with Crippen LogP contribution in [-0.4, -0.2) is 37.3 Å². The fourth-order valence-corrected chi connectivity index (χ4v) is 1.31. The van der Waals surface area contributed by atoms with Gasteiger partial charge in [0.2, 0.25) is 0 Å². The van der Waals surface area contributed by atoms with Crippen molar-refractivity contribution in [2.24, 2.45) is 16.6 Å². The zero-order valence-electron chi connectivity index (χ0n) is 13.9. The minimum absolute atomic E-state index is 0. The molecule has 0 fully saturated rings. The summed E-state index contributed by atoms with van der Waals surface area (Å²) in [6, 6.07) is 0. The summed E-state index contributed by atoms with van der Waals surface area (Å²) in [6.45, 7) is 11.8. The van der Waals surface area contributed by atoms with Gasteiger partial charge >= 0.3 is 6.09 Å². The maximum absolute atomic E-state index is 11.4. The molecule has 0 aliphatic heterocycles. The second-order valence-electron chi connectivity index (χ2n) is 6.18. The molecule has 0 spiro atoms. The Hall–Kier alpha value is -0.730. The molecule has 0 aliphatic rings. The number of hydrogen-bond donors (Lipinski definition) is 3. The van der Waals surface area contributed by atoms with Gasteiger partial charge in [0, 0.05) is 19.6 Å². The summed E-state index contributed by atoms with van der Waals surface area (Å²) in [5.41, 5.74) is 5.25. The van der Waals surface area contributed by atoms with E-state index < -0.39 is 5.60 Å². The van der Waals surface area contributed by atoms with Gasteiger partial charge in [0.25, 0.3) is 0 Å². The number of carbonyl (C=O) groups is 1. The number of halogens is 1.